The highest BCUT2D eigenvalue weighted by Crippen LogP contribution is 2.24. The zero-order valence-electron chi connectivity index (χ0n) is 13.7. The number of pyridine rings is 1. The van der Waals surface area contributed by atoms with E-state index in [-0.39, 0.29) is 17.4 Å². The lowest BCUT2D eigenvalue weighted by Crippen LogP contribution is -2.35. The summed E-state index contributed by atoms with van der Waals surface area (Å²) in [5.41, 5.74) is 1.31. The number of rotatable bonds is 5. The third-order valence-electron chi connectivity index (χ3n) is 3.53. The fraction of sp³-hybridized carbons (Fsp3) is 0.625. The van der Waals surface area contributed by atoms with E-state index in [4.69, 9.17) is 11.6 Å². The van der Waals surface area contributed by atoms with Gasteiger partial charge < -0.3 is 4.90 Å². The smallest absolute Gasteiger partial charge is 0.254 e. The van der Waals surface area contributed by atoms with Crippen LogP contribution in [0.15, 0.2) is 12.1 Å². The van der Waals surface area contributed by atoms with Crippen molar-refractivity contribution in [3.8, 4) is 0 Å². The number of amides is 1. The van der Waals surface area contributed by atoms with Crippen molar-refractivity contribution >= 4 is 29.3 Å². The molecule has 1 rings (SSSR count). The molecule has 0 aliphatic rings. The van der Waals surface area contributed by atoms with E-state index < -0.39 is 0 Å². The van der Waals surface area contributed by atoms with Crippen molar-refractivity contribution in [3.63, 3.8) is 0 Å². The molecule has 21 heavy (non-hydrogen) atoms. The molecule has 1 amide bonds. The minimum absolute atomic E-state index is 0.00148. The topological polar surface area (TPSA) is 33.2 Å². The summed E-state index contributed by atoms with van der Waals surface area (Å²) in [5.74, 6) is 1.04. The van der Waals surface area contributed by atoms with Crippen LogP contribution < -0.4 is 0 Å². The number of hydrogen-bond acceptors (Lipinski definition) is 3. The van der Waals surface area contributed by atoms with Gasteiger partial charge in [0.2, 0.25) is 0 Å². The SMILES string of the molecule is CSCCC(C)N(C)C(=O)c1cc(Cl)nc(C(C)(C)C)c1. The summed E-state index contributed by atoms with van der Waals surface area (Å²) in [4.78, 5) is 18.7. The lowest BCUT2D eigenvalue weighted by Gasteiger charge is -2.26. The van der Waals surface area contributed by atoms with Crippen molar-refractivity contribution in [2.24, 2.45) is 0 Å². The summed E-state index contributed by atoms with van der Waals surface area (Å²) in [7, 11) is 1.85. The number of carbonyl (C=O) groups is 1. The van der Waals surface area contributed by atoms with Crippen molar-refractivity contribution in [2.45, 2.75) is 45.6 Å². The van der Waals surface area contributed by atoms with Crippen LogP contribution >= 0.6 is 23.4 Å². The maximum Gasteiger partial charge on any atom is 0.254 e. The highest BCUT2D eigenvalue weighted by Gasteiger charge is 2.22. The largest absolute Gasteiger partial charge is 0.339 e. The van der Waals surface area contributed by atoms with Gasteiger partial charge in [0.1, 0.15) is 5.15 Å². The minimum Gasteiger partial charge on any atom is -0.339 e. The van der Waals surface area contributed by atoms with E-state index in [0.29, 0.717) is 10.7 Å². The van der Waals surface area contributed by atoms with Crippen LogP contribution in [0.25, 0.3) is 0 Å². The molecule has 0 radical (unpaired) electrons. The highest BCUT2D eigenvalue weighted by atomic mass is 35.5. The molecule has 0 aromatic carbocycles. The summed E-state index contributed by atoms with van der Waals surface area (Å²) >= 11 is 7.88. The summed E-state index contributed by atoms with van der Waals surface area (Å²) < 4.78 is 0. The van der Waals surface area contributed by atoms with Gasteiger partial charge in [0.05, 0.1) is 0 Å². The number of thioether (sulfide) groups is 1. The van der Waals surface area contributed by atoms with E-state index in [1.165, 1.54) is 0 Å². The lowest BCUT2D eigenvalue weighted by molar-refractivity contribution is 0.0741. The maximum atomic E-state index is 12.6. The third-order valence-corrected chi connectivity index (χ3v) is 4.37. The Hall–Kier alpha value is -0.740. The molecule has 0 saturated heterocycles. The van der Waals surface area contributed by atoms with Crippen molar-refractivity contribution in [1.82, 2.24) is 9.88 Å². The van der Waals surface area contributed by atoms with Gasteiger partial charge in [0.25, 0.3) is 5.91 Å². The van der Waals surface area contributed by atoms with Crippen molar-refractivity contribution < 1.29 is 4.79 Å². The molecular weight excluding hydrogens is 304 g/mol. The summed E-state index contributed by atoms with van der Waals surface area (Å²) in [5, 5.41) is 0.371. The summed E-state index contributed by atoms with van der Waals surface area (Å²) in [6.07, 6.45) is 3.06. The Morgan fingerprint density at radius 3 is 2.57 bits per heavy atom. The first-order valence-corrected chi connectivity index (χ1v) is 8.88. The van der Waals surface area contributed by atoms with E-state index in [9.17, 15) is 4.79 Å². The van der Waals surface area contributed by atoms with E-state index in [2.05, 4.69) is 38.9 Å². The first-order valence-electron chi connectivity index (χ1n) is 7.11. The fourth-order valence-electron chi connectivity index (χ4n) is 1.89. The molecule has 1 atom stereocenters. The molecular formula is C16H25ClN2OS. The molecule has 0 saturated carbocycles. The molecule has 118 valence electrons. The number of nitrogens with zero attached hydrogens (tertiary/aromatic N) is 2. The van der Waals surface area contributed by atoms with Gasteiger partial charge in [0.15, 0.2) is 0 Å². The van der Waals surface area contributed by atoms with Crippen LogP contribution in [-0.2, 0) is 5.41 Å². The first kappa shape index (κ1) is 18.3. The second kappa shape index (κ2) is 7.50. The predicted octanol–water partition coefficient (Wildman–Crippen LogP) is 4.25. The first-order chi connectivity index (χ1) is 9.66. The lowest BCUT2D eigenvalue weighted by atomic mass is 9.90. The molecule has 0 aliphatic carbocycles. The molecule has 1 heterocycles. The molecule has 1 aromatic heterocycles. The molecule has 0 bridgehead atoms. The molecule has 0 N–H and O–H groups in total. The van der Waals surface area contributed by atoms with Gasteiger partial charge in [-0.15, -0.1) is 0 Å². The predicted molar refractivity (Wildman–Crippen MR) is 92.5 cm³/mol. The second-order valence-corrected chi connectivity index (χ2v) is 7.73. The van der Waals surface area contributed by atoms with E-state index in [1.54, 1.807) is 22.7 Å². The van der Waals surface area contributed by atoms with Crippen LogP contribution in [0.3, 0.4) is 0 Å². The minimum atomic E-state index is -0.136. The molecule has 3 nitrogen and oxygen atoms in total. The average molecular weight is 329 g/mol. The van der Waals surface area contributed by atoms with E-state index in [0.717, 1.165) is 17.9 Å². The van der Waals surface area contributed by atoms with Crippen molar-refractivity contribution in [3.05, 3.63) is 28.5 Å². The number of carbonyl (C=O) groups excluding carboxylic acids is 1. The van der Waals surface area contributed by atoms with Gasteiger partial charge in [-0.05, 0) is 37.5 Å². The quantitative estimate of drug-likeness (QED) is 0.758. The number of aromatic nitrogens is 1. The van der Waals surface area contributed by atoms with Crippen molar-refractivity contribution in [1.29, 1.82) is 0 Å². The third kappa shape index (κ3) is 5.19. The number of hydrogen-bond donors (Lipinski definition) is 0. The zero-order chi connectivity index (χ0) is 16.2. The van der Waals surface area contributed by atoms with Gasteiger partial charge >= 0.3 is 0 Å². The van der Waals surface area contributed by atoms with Crippen molar-refractivity contribution in [2.75, 3.05) is 19.1 Å². The highest BCUT2D eigenvalue weighted by molar-refractivity contribution is 7.98. The monoisotopic (exact) mass is 328 g/mol. The van der Waals surface area contributed by atoms with E-state index in [1.807, 2.05) is 13.1 Å². The van der Waals surface area contributed by atoms with Gasteiger partial charge in [-0.3, -0.25) is 4.79 Å². The molecule has 1 aromatic rings. The Bertz CT molecular complexity index is 500. The number of halogens is 1. The molecule has 0 fully saturated rings. The Labute approximate surface area is 137 Å². The molecule has 1 unspecified atom stereocenters. The van der Waals surface area contributed by atoms with Gasteiger partial charge in [-0.1, -0.05) is 32.4 Å². The Balaban J connectivity index is 2.99. The Morgan fingerprint density at radius 1 is 1.43 bits per heavy atom. The van der Waals surface area contributed by atoms with Gasteiger partial charge in [-0.25, -0.2) is 4.98 Å². The zero-order valence-corrected chi connectivity index (χ0v) is 15.3. The maximum absolute atomic E-state index is 12.6. The van der Waals surface area contributed by atoms with Gasteiger partial charge in [-0.2, -0.15) is 11.8 Å². The normalized spacial score (nSPS) is 13.1. The van der Waals surface area contributed by atoms with Crippen LogP contribution in [0.1, 0.15) is 50.2 Å². The fourth-order valence-corrected chi connectivity index (χ4v) is 2.68. The Kier molecular flexibility index (Phi) is 6.54. The summed E-state index contributed by atoms with van der Waals surface area (Å²) in [6.45, 7) is 8.25. The van der Waals surface area contributed by atoms with Crippen LogP contribution in [0.4, 0.5) is 0 Å². The second-order valence-electron chi connectivity index (χ2n) is 6.36. The molecule has 0 spiro atoms. The van der Waals surface area contributed by atoms with Crippen LogP contribution in [-0.4, -0.2) is 40.9 Å². The van der Waals surface area contributed by atoms with E-state index >= 15 is 0 Å². The average Bonchev–Trinajstić information content (AvgIpc) is 2.41. The standard InChI is InChI=1S/C16H25ClN2OS/c1-11(7-8-21-6)19(5)15(20)12-9-13(16(2,3)4)18-14(17)10-12/h9-11H,7-8H2,1-6H3. The Morgan fingerprint density at radius 2 is 2.05 bits per heavy atom. The molecule has 0 aliphatic heterocycles. The van der Waals surface area contributed by atoms with Gasteiger partial charge in [0, 0.05) is 29.8 Å². The van der Waals surface area contributed by atoms with Crippen LogP contribution in [0, 0.1) is 0 Å². The van der Waals surface area contributed by atoms with Crippen LogP contribution in [0.5, 0.6) is 0 Å². The molecule has 5 heteroatoms. The van der Waals surface area contributed by atoms with Crippen LogP contribution in [0.2, 0.25) is 5.15 Å². The summed E-state index contributed by atoms with van der Waals surface area (Å²) in [6, 6.07) is 3.71.